The molecule has 1 aliphatic carbocycles. The lowest BCUT2D eigenvalue weighted by Crippen LogP contribution is -2.59. The van der Waals surface area contributed by atoms with Crippen molar-refractivity contribution in [3.63, 3.8) is 0 Å². The molecule has 0 radical (unpaired) electrons. The number of amides is 5. The van der Waals surface area contributed by atoms with Crippen molar-refractivity contribution in [3.05, 3.63) is 58.6 Å². The standard InChI is InChI=1S/C36H49Cl2I2N9O6/c1-18(41)32(52)47-28(16-20-9-10-22(37)23(38)12-20)34(54)49-29(17-21-13-24(39)30(50)25(40)14-21)35(55)48-27(15-19-6-3-2-4-7-19)33(53)46-26(31(42)51)8-5-11-45-36(43)44/h9-10,12-14,18-19,26-29,50H,2-8,11,15-17,41H2,1H3,(H2,42,51)(H,46,53)(H,47,52)(H,48,55)(H,49,54)(H4,43,44,45)/t18-,26-,27-,28-,29-/m0/s1. The van der Waals surface area contributed by atoms with E-state index < -0.39 is 59.7 Å². The van der Waals surface area contributed by atoms with E-state index in [4.69, 9.17) is 46.1 Å². The van der Waals surface area contributed by atoms with Gasteiger partial charge < -0.3 is 49.3 Å². The number of hydrogen-bond donors (Lipinski definition) is 9. The van der Waals surface area contributed by atoms with Crippen LogP contribution in [0.4, 0.5) is 0 Å². The van der Waals surface area contributed by atoms with Crippen LogP contribution >= 0.6 is 68.4 Å². The van der Waals surface area contributed by atoms with Gasteiger partial charge in [-0.3, -0.25) is 29.0 Å². The van der Waals surface area contributed by atoms with Crippen molar-refractivity contribution in [2.24, 2.45) is 33.8 Å². The third kappa shape index (κ3) is 15.4. The Bertz CT molecular complexity index is 1700. The van der Waals surface area contributed by atoms with Gasteiger partial charge in [-0.1, -0.05) is 61.4 Å². The van der Waals surface area contributed by atoms with Crippen molar-refractivity contribution in [1.29, 1.82) is 0 Å². The van der Waals surface area contributed by atoms with Crippen LogP contribution in [0.25, 0.3) is 0 Å². The molecule has 15 nitrogen and oxygen atoms in total. The summed E-state index contributed by atoms with van der Waals surface area (Å²) in [7, 11) is 0. The molecule has 3 rings (SSSR count). The van der Waals surface area contributed by atoms with Gasteiger partial charge in [-0.25, -0.2) is 0 Å². The second-order valence-corrected chi connectivity index (χ2v) is 16.8. The average molecular weight is 1030 g/mol. The van der Waals surface area contributed by atoms with E-state index in [0.717, 1.165) is 32.1 Å². The summed E-state index contributed by atoms with van der Waals surface area (Å²) < 4.78 is 1.05. The van der Waals surface area contributed by atoms with Gasteiger partial charge in [0.15, 0.2) is 5.96 Å². The number of guanidine groups is 1. The van der Waals surface area contributed by atoms with Gasteiger partial charge >= 0.3 is 0 Å². The topological polar surface area (TPSA) is 270 Å². The van der Waals surface area contributed by atoms with Gasteiger partial charge in [0.1, 0.15) is 29.9 Å². The first-order chi connectivity index (χ1) is 25.9. The fourth-order valence-electron chi connectivity index (χ4n) is 6.19. The van der Waals surface area contributed by atoms with Gasteiger partial charge in [0.05, 0.1) is 23.2 Å². The molecule has 302 valence electrons. The summed E-state index contributed by atoms with van der Waals surface area (Å²) in [5.74, 6) is -3.27. The Hall–Kier alpha value is -3.14. The predicted molar refractivity (Wildman–Crippen MR) is 229 cm³/mol. The summed E-state index contributed by atoms with van der Waals surface area (Å²) in [5, 5.41) is 22.0. The van der Waals surface area contributed by atoms with Crippen molar-refractivity contribution in [1.82, 2.24) is 21.3 Å². The zero-order valence-electron chi connectivity index (χ0n) is 30.4. The number of nitrogens with one attached hydrogen (secondary N) is 4. The molecule has 2 aromatic carbocycles. The fourth-order valence-corrected chi connectivity index (χ4v) is 8.41. The molecule has 19 heteroatoms. The summed E-state index contributed by atoms with van der Waals surface area (Å²) >= 11 is 16.3. The molecule has 5 atom stereocenters. The van der Waals surface area contributed by atoms with Crippen LogP contribution in [0.1, 0.15) is 69.4 Å². The van der Waals surface area contributed by atoms with Crippen molar-refractivity contribution in [2.75, 3.05) is 6.54 Å². The Morgan fingerprint density at radius 3 is 1.85 bits per heavy atom. The van der Waals surface area contributed by atoms with Gasteiger partial charge in [0.25, 0.3) is 0 Å². The lowest BCUT2D eigenvalue weighted by atomic mass is 9.84. The summed E-state index contributed by atoms with van der Waals surface area (Å²) in [6.45, 7) is 1.69. The second kappa shape index (κ2) is 22.6. The Labute approximate surface area is 357 Å². The maximum Gasteiger partial charge on any atom is 0.243 e. The number of rotatable bonds is 19. The second-order valence-electron chi connectivity index (χ2n) is 13.7. The van der Waals surface area contributed by atoms with Crippen LogP contribution in [0.2, 0.25) is 10.0 Å². The number of primary amides is 1. The number of phenols is 1. The molecule has 1 saturated carbocycles. The molecule has 1 fully saturated rings. The Kier molecular flexibility index (Phi) is 19.0. The molecular weight excluding hydrogens is 979 g/mol. The summed E-state index contributed by atoms with van der Waals surface area (Å²) in [5.41, 5.74) is 23.4. The molecule has 0 aromatic heterocycles. The molecule has 0 saturated heterocycles. The molecule has 1 aliphatic rings. The number of aromatic hydroxyl groups is 1. The van der Waals surface area contributed by atoms with Crippen LogP contribution in [0.3, 0.4) is 0 Å². The first-order valence-corrected chi connectivity index (χ1v) is 20.8. The summed E-state index contributed by atoms with van der Waals surface area (Å²) in [4.78, 5) is 71.4. The highest BCUT2D eigenvalue weighted by Crippen LogP contribution is 2.29. The van der Waals surface area contributed by atoms with Crippen molar-refractivity contribution in [3.8, 4) is 5.75 Å². The minimum atomic E-state index is -1.26. The predicted octanol–water partition coefficient (Wildman–Crippen LogP) is 2.49. The van der Waals surface area contributed by atoms with Crippen molar-refractivity contribution in [2.45, 2.75) is 101 Å². The number of hydrogen-bond acceptors (Lipinski definition) is 8. The number of nitrogens with two attached hydrogens (primary N) is 4. The molecule has 0 spiro atoms. The van der Waals surface area contributed by atoms with E-state index in [1.165, 1.54) is 6.92 Å². The maximum atomic E-state index is 14.3. The highest BCUT2D eigenvalue weighted by molar-refractivity contribution is 14.1. The van der Waals surface area contributed by atoms with Crippen molar-refractivity contribution >= 4 is 104 Å². The minimum Gasteiger partial charge on any atom is -0.506 e. The minimum absolute atomic E-state index is 0.0189. The molecule has 55 heavy (non-hydrogen) atoms. The van der Waals surface area contributed by atoms with E-state index in [1.807, 2.05) is 45.2 Å². The molecular formula is C36H49Cl2I2N9O6. The van der Waals surface area contributed by atoms with Crippen molar-refractivity contribution < 1.29 is 29.1 Å². The summed E-state index contributed by atoms with van der Waals surface area (Å²) in [6.07, 6.45) is 5.48. The first-order valence-electron chi connectivity index (χ1n) is 17.9. The average Bonchev–Trinajstić information content (AvgIpc) is 3.12. The Balaban J connectivity index is 1.96. The van der Waals surface area contributed by atoms with Gasteiger partial charge in [-0.05, 0) is 113 Å². The van der Waals surface area contributed by atoms with Crippen LogP contribution in [0.5, 0.6) is 5.75 Å². The molecule has 5 amide bonds. The number of halogens is 4. The highest BCUT2D eigenvalue weighted by atomic mass is 127. The molecule has 0 aliphatic heterocycles. The number of phenolic OH excluding ortho intramolecular Hbond substituents is 1. The highest BCUT2D eigenvalue weighted by Gasteiger charge is 2.33. The Morgan fingerprint density at radius 1 is 0.782 bits per heavy atom. The van der Waals surface area contributed by atoms with Gasteiger partial charge in [0.2, 0.25) is 29.5 Å². The van der Waals surface area contributed by atoms with Crippen LogP contribution in [0.15, 0.2) is 35.3 Å². The SMILES string of the molecule is C[C@H](N)C(=O)N[C@@H](Cc1ccc(Cl)c(Cl)c1)C(=O)N[C@@H](Cc1cc(I)c(O)c(I)c1)C(=O)N[C@@H](CC1CCCCC1)C(=O)N[C@@H](CCCN=C(N)N)C(N)=O. The van der Waals surface area contributed by atoms with E-state index in [1.54, 1.807) is 30.3 Å². The number of benzene rings is 2. The summed E-state index contributed by atoms with van der Waals surface area (Å²) in [6, 6.07) is 2.62. The molecule has 0 unspecified atom stereocenters. The number of carbonyl (C=O) groups excluding carboxylic acids is 5. The van der Waals surface area contributed by atoms with Gasteiger partial charge in [-0.15, -0.1) is 0 Å². The molecule has 2 aromatic rings. The van der Waals surface area contributed by atoms with E-state index >= 15 is 0 Å². The third-order valence-electron chi connectivity index (χ3n) is 9.15. The normalized spacial score (nSPS) is 15.7. The van der Waals surface area contributed by atoms with Crippen LogP contribution in [-0.4, -0.2) is 77.4 Å². The van der Waals surface area contributed by atoms with E-state index in [9.17, 15) is 29.1 Å². The van der Waals surface area contributed by atoms with Crippen LogP contribution in [-0.2, 0) is 36.8 Å². The zero-order chi connectivity index (χ0) is 40.8. The first kappa shape index (κ1) is 46.2. The molecule has 0 bridgehead atoms. The van der Waals surface area contributed by atoms with Gasteiger partial charge in [-0.2, -0.15) is 0 Å². The van der Waals surface area contributed by atoms with E-state index in [2.05, 4.69) is 26.3 Å². The van der Waals surface area contributed by atoms with Crippen LogP contribution < -0.4 is 44.2 Å². The monoisotopic (exact) mass is 1030 g/mol. The quantitative estimate of drug-likeness (QED) is 0.0433. The fraction of sp³-hybridized carbons (Fsp3) is 0.500. The third-order valence-corrected chi connectivity index (χ3v) is 11.5. The largest absolute Gasteiger partial charge is 0.506 e. The van der Waals surface area contributed by atoms with E-state index in [-0.39, 0.29) is 54.9 Å². The lowest BCUT2D eigenvalue weighted by Gasteiger charge is -2.29. The number of carbonyl (C=O) groups is 5. The number of nitrogens with zero attached hydrogens (tertiary/aromatic N) is 1. The number of aliphatic imine (C=N–C) groups is 1. The lowest BCUT2D eigenvalue weighted by molar-refractivity contribution is -0.134. The maximum absolute atomic E-state index is 14.3. The Morgan fingerprint density at radius 2 is 1.31 bits per heavy atom. The molecule has 13 N–H and O–H groups in total. The smallest absolute Gasteiger partial charge is 0.243 e. The van der Waals surface area contributed by atoms with E-state index in [0.29, 0.717) is 29.7 Å². The zero-order valence-corrected chi connectivity index (χ0v) is 36.2. The molecule has 0 heterocycles. The van der Waals surface area contributed by atoms with Crippen LogP contribution in [0, 0.1) is 13.1 Å². The van der Waals surface area contributed by atoms with Gasteiger partial charge in [0, 0.05) is 19.4 Å².